The number of hydrogen-bond acceptors (Lipinski definition) is 3. The van der Waals surface area contributed by atoms with Gasteiger partial charge >= 0.3 is 0 Å². The lowest BCUT2D eigenvalue weighted by Crippen LogP contribution is -2.55. The number of carbonyl (C=O) groups is 2. The second-order valence-electron chi connectivity index (χ2n) is 9.61. The molecule has 0 aromatic heterocycles. The van der Waals surface area contributed by atoms with E-state index < -0.39 is 23.3 Å². The van der Waals surface area contributed by atoms with Crippen molar-refractivity contribution in [1.82, 2.24) is 10.2 Å². The van der Waals surface area contributed by atoms with E-state index >= 15 is 0 Å². The molecule has 2 amide bonds. The van der Waals surface area contributed by atoms with Gasteiger partial charge in [-0.15, -0.1) is 0 Å². The molecule has 184 valence electrons. The lowest BCUT2D eigenvalue weighted by atomic mass is 10.00. The molecule has 0 saturated carbocycles. The lowest BCUT2D eigenvalue weighted by Gasteiger charge is -2.34. The molecule has 6 heteroatoms. The Balaban J connectivity index is 1.95. The summed E-state index contributed by atoms with van der Waals surface area (Å²) in [7, 11) is 0. The summed E-state index contributed by atoms with van der Waals surface area (Å²) >= 11 is 0. The van der Waals surface area contributed by atoms with Gasteiger partial charge < -0.3 is 15.0 Å². The number of para-hydroxylation sites is 1. The Kier molecular flexibility index (Phi) is 8.63. The molecular weight excluding hydrogens is 443 g/mol. The second kappa shape index (κ2) is 11.6. The molecule has 3 aromatic rings. The number of rotatable bonds is 9. The van der Waals surface area contributed by atoms with Crippen LogP contribution in [0.3, 0.4) is 0 Å². The van der Waals surface area contributed by atoms with Gasteiger partial charge in [0.05, 0.1) is 0 Å². The van der Waals surface area contributed by atoms with E-state index in [1.807, 2.05) is 82.3 Å². The summed E-state index contributed by atoms with van der Waals surface area (Å²) < 4.78 is 19.6. The molecule has 0 fully saturated rings. The maximum atomic E-state index is 14.1. The molecule has 5 nitrogen and oxygen atoms in total. The molecule has 0 heterocycles. The molecule has 35 heavy (non-hydrogen) atoms. The molecule has 1 N–H and O–H groups in total. The highest BCUT2D eigenvalue weighted by molar-refractivity contribution is 5.89. The van der Waals surface area contributed by atoms with Gasteiger partial charge in [0.1, 0.15) is 6.04 Å². The van der Waals surface area contributed by atoms with Gasteiger partial charge in [0.25, 0.3) is 5.91 Å². The molecule has 3 aromatic carbocycles. The summed E-state index contributed by atoms with van der Waals surface area (Å²) in [6, 6.07) is 22.5. The fraction of sp³-hybridized carbons (Fsp3) is 0.310. The fourth-order valence-electron chi connectivity index (χ4n) is 3.76. The van der Waals surface area contributed by atoms with Gasteiger partial charge in [0.2, 0.25) is 5.91 Å². The van der Waals surface area contributed by atoms with Crippen molar-refractivity contribution in [2.75, 3.05) is 6.61 Å². The predicted octanol–water partition coefficient (Wildman–Crippen LogP) is 5.07. The van der Waals surface area contributed by atoms with E-state index in [0.717, 1.165) is 16.7 Å². The van der Waals surface area contributed by atoms with Crippen LogP contribution in [0.4, 0.5) is 4.39 Å². The van der Waals surface area contributed by atoms with Crippen molar-refractivity contribution in [2.24, 2.45) is 0 Å². The first-order valence-corrected chi connectivity index (χ1v) is 11.7. The number of halogens is 1. The van der Waals surface area contributed by atoms with Gasteiger partial charge in [-0.25, -0.2) is 4.39 Å². The number of hydrogen-bond donors (Lipinski definition) is 1. The number of nitrogens with one attached hydrogen (secondary N) is 1. The summed E-state index contributed by atoms with van der Waals surface area (Å²) in [5, 5.41) is 3.02. The van der Waals surface area contributed by atoms with E-state index in [0.29, 0.717) is 6.42 Å². The fourth-order valence-corrected chi connectivity index (χ4v) is 3.76. The van der Waals surface area contributed by atoms with E-state index in [4.69, 9.17) is 4.74 Å². The zero-order valence-corrected chi connectivity index (χ0v) is 20.8. The van der Waals surface area contributed by atoms with Gasteiger partial charge in [-0.2, -0.15) is 0 Å². The third-order valence-electron chi connectivity index (χ3n) is 5.56. The molecule has 0 bridgehead atoms. The maximum absolute atomic E-state index is 14.1. The number of benzene rings is 3. The van der Waals surface area contributed by atoms with E-state index in [1.54, 1.807) is 12.1 Å². The largest absolute Gasteiger partial charge is 0.481 e. The van der Waals surface area contributed by atoms with Gasteiger partial charge in [-0.3, -0.25) is 9.59 Å². The molecule has 0 saturated heterocycles. The van der Waals surface area contributed by atoms with E-state index in [9.17, 15) is 14.0 Å². The summed E-state index contributed by atoms with van der Waals surface area (Å²) in [4.78, 5) is 28.6. The molecule has 0 aliphatic rings. The van der Waals surface area contributed by atoms with Crippen molar-refractivity contribution >= 4 is 11.8 Å². The topological polar surface area (TPSA) is 58.6 Å². The smallest absolute Gasteiger partial charge is 0.261 e. The number of carbonyl (C=O) groups excluding carboxylic acids is 2. The standard InChI is InChI=1S/C29H33FN2O3/c1-21-12-8-9-15-23(21)19-32(27(33)20-35-26-17-11-10-16-24(26)30)25(28(34)31-29(2,3)4)18-22-13-6-5-7-14-22/h5-17,25H,18-20H2,1-4H3,(H,31,34)/t25-/m1/s1. The van der Waals surface area contributed by atoms with E-state index in [-0.39, 0.29) is 24.8 Å². The Hall–Kier alpha value is -3.67. The molecule has 0 aliphatic carbocycles. The first-order chi connectivity index (χ1) is 16.6. The zero-order chi connectivity index (χ0) is 25.4. The van der Waals surface area contributed by atoms with Crippen molar-refractivity contribution in [2.45, 2.75) is 52.2 Å². The average Bonchev–Trinajstić information content (AvgIpc) is 2.81. The number of ether oxygens (including phenoxy) is 1. The van der Waals surface area contributed by atoms with Crippen LogP contribution in [0.1, 0.15) is 37.5 Å². The summed E-state index contributed by atoms with van der Waals surface area (Å²) in [6.45, 7) is 7.51. The molecule has 0 unspecified atom stereocenters. The molecular formula is C29H33FN2O3. The van der Waals surface area contributed by atoms with Crippen molar-refractivity contribution in [3.05, 3.63) is 101 Å². The van der Waals surface area contributed by atoms with Crippen LogP contribution in [0.2, 0.25) is 0 Å². The lowest BCUT2D eigenvalue weighted by molar-refractivity contribution is -0.143. The molecule has 1 atom stereocenters. The maximum Gasteiger partial charge on any atom is 0.261 e. The third kappa shape index (κ3) is 7.67. The predicted molar refractivity (Wildman–Crippen MR) is 135 cm³/mol. The minimum atomic E-state index is -0.784. The zero-order valence-electron chi connectivity index (χ0n) is 20.8. The van der Waals surface area contributed by atoms with Crippen molar-refractivity contribution in [3.8, 4) is 5.75 Å². The quantitative estimate of drug-likeness (QED) is 0.469. The molecule has 0 spiro atoms. The van der Waals surface area contributed by atoms with Crippen molar-refractivity contribution < 1.29 is 18.7 Å². The van der Waals surface area contributed by atoms with Crippen LogP contribution in [0.25, 0.3) is 0 Å². The molecule has 0 aliphatic heterocycles. The highest BCUT2D eigenvalue weighted by atomic mass is 19.1. The Bertz CT molecular complexity index is 1140. The van der Waals surface area contributed by atoms with Gasteiger partial charge in [-0.1, -0.05) is 66.7 Å². The molecule has 3 rings (SSSR count). The third-order valence-corrected chi connectivity index (χ3v) is 5.56. The Morgan fingerprint density at radius 1 is 0.943 bits per heavy atom. The summed E-state index contributed by atoms with van der Waals surface area (Å²) in [5.41, 5.74) is 2.38. The van der Waals surface area contributed by atoms with Crippen LogP contribution in [-0.2, 0) is 22.6 Å². The first-order valence-electron chi connectivity index (χ1n) is 11.7. The van der Waals surface area contributed by atoms with E-state index in [1.165, 1.54) is 17.0 Å². The SMILES string of the molecule is Cc1ccccc1CN(C(=O)COc1ccccc1F)[C@H](Cc1ccccc1)C(=O)NC(C)(C)C. The normalized spacial score (nSPS) is 12.0. The van der Waals surface area contributed by atoms with Gasteiger partial charge in [0, 0.05) is 18.5 Å². The van der Waals surface area contributed by atoms with Crippen LogP contribution in [-0.4, -0.2) is 34.9 Å². The second-order valence-corrected chi connectivity index (χ2v) is 9.61. The average molecular weight is 477 g/mol. The summed E-state index contributed by atoms with van der Waals surface area (Å²) in [6.07, 6.45) is 0.333. The minimum Gasteiger partial charge on any atom is -0.481 e. The number of nitrogens with zero attached hydrogens (tertiary/aromatic N) is 1. The van der Waals surface area contributed by atoms with Crippen molar-refractivity contribution in [1.29, 1.82) is 0 Å². The van der Waals surface area contributed by atoms with Gasteiger partial charge in [-0.05, 0) is 56.5 Å². The van der Waals surface area contributed by atoms with E-state index in [2.05, 4.69) is 5.32 Å². The first kappa shape index (κ1) is 25.9. The molecule has 0 radical (unpaired) electrons. The van der Waals surface area contributed by atoms with Gasteiger partial charge in [0.15, 0.2) is 18.2 Å². The van der Waals surface area contributed by atoms with Crippen LogP contribution < -0.4 is 10.1 Å². The number of amides is 2. The Morgan fingerprint density at radius 3 is 2.23 bits per heavy atom. The highest BCUT2D eigenvalue weighted by Gasteiger charge is 2.32. The van der Waals surface area contributed by atoms with Crippen LogP contribution in [0.5, 0.6) is 5.75 Å². The highest BCUT2D eigenvalue weighted by Crippen LogP contribution is 2.20. The monoisotopic (exact) mass is 476 g/mol. The summed E-state index contributed by atoms with van der Waals surface area (Å²) in [5.74, 6) is -1.21. The van der Waals surface area contributed by atoms with Crippen molar-refractivity contribution in [3.63, 3.8) is 0 Å². The van der Waals surface area contributed by atoms with Crippen LogP contribution >= 0.6 is 0 Å². The Labute approximate surface area is 206 Å². The Morgan fingerprint density at radius 2 is 1.57 bits per heavy atom. The minimum absolute atomic E-state index is 0.00422. The number of aryl methyl sites for hydroxylation is 1. The van der Waals surface area contributed by atoms with Crippen LogP contribution in [0, 0.1) is 12.7 Å². The van der Waals surface area contributed by atoms with Crippen LogP contribution in [0.15, 0.2) is 78.9 Å².